The van der Waals surface area contributed by atoms with E-state index in [1.54, 1.807) is 0 Å². The van der Waals surface area contributed by atoms with E-state index in [2.05, 4.69) is 9.88 Å². The Bertz CT molecular complexity index is 584. The van der Waals surface area contributed by atoms with Crippen molar-refractivity contribution in [2.45, 2.75) is 38.8 Å². The predicted molar refractivity (Wildman–Crippen MR) is 85.3 cm³/mol. The van der Waals surface area contributed by atoms with Crippen LogP contribution in [0.15, 0.2) is 0 Å². The Kier molecular flexibility index (Phi) is 3.71. The first-order valence-corrected chi connectivity index (χ1v) is 9.02. The molecule has 2 saturated heterocycles. The minimum atomic E-state index is 0.132. The lowest BCUT2D eigenvalue weighted by molar-refractivity contribution is -0.0484. The van der Waals surface area contributed by atoms with Gasteiger partial charge in [-0.05, 0) is 32.6 Å². The second-order valence-corrected chi connectivity index (χ2v) is 7.98. The third kappa shape index (κ3) is 2.68. The smallest absolute Gasteiger partial charge is 0.266 e. The van der Waals surface area contributed by atoms with E-state index in [1.807, 2.05) is 18.7 Å². The molecule has 0 radical (unpaired) electrons. The molecule has 0 aromatic carbocycles. The van der Waals surface area contributed by atoms with Gasteiger partial charge in [0.1, 0.15) is 4.88 Å². The van der Waals surface area contributed by atoms with Gasteiger partial charge < -0.3 is 9.64 Å². The summed E-state index contributed by atoms with van der Waals surface area (Å²) in [6, 6.07) is 0.382. The fourth-order valence-electron chi connectivity index (χ4n) is 3.66. The molecule has 3 heterocycles. The first kappa shape index (κ1) is 14.6. The average molecular weight is 321 g/mol. The molecule has 1 saturated carbocycles. The molecule has 2 aliphatic heterocycles. The minimum Gasteiger partial charge on any atom is -0.373 e. The Hall–Kier alpha value is -0.980. The van der Waals surface area contributed by atoms with Crippen molar-refractivity contribution >= 4 is 17.2 Å². The van der Waals surface area contributed by atoms with Crippen molar-refractivity contribution in [3.8, 4) is 0 Å². The molecule has 2 atom stereocenters. The predicted octanol–water partition coefficient (Wildman–Crippen LogP) is 1.70. The molecule has 0 spiro atoms. The van der Waals surface area contributed by atoms with Crippen molar-refractivity contribution in [1.82, 2.24) is 14.8 Å². The molecule has 1 aromatic rings. The summed E-state index contributed by atoms with van der Waals surface area (Å²) in [6.45, 7) is 8.40. The number of aromatic nitrogens is 1. The molecule has 1 amide bonds. The molecule has 1 aromatic heterocycles. The van der Waals surface area contributed by atoms with E-state index in [0.29, 0.717) is 6.04 Å². The van der Waals surface area contributed by atoms with Gasteiger partial charge in [-0.3, -0.25) is 9.69 Å². The Morgan fingerprint density at radius 2 is 2.18 bits per heavy atom. The van der Waals surface area contributed by atoms with Gasteiger partial charge in [-0.25, -0.2) is 4.98 Å². The number of morpholine rings is 1. The minimum absolute atomic E-state index is 0.132. The SMILES string of the molecule is Cc1nc(C)c(C(=O)N2C[C@@H]3OCCN(CC4CC4)[C@H]3C2)s1. The summed E-state index contributed by atoms with van der Waals surface area (Å²) < 4.78 is 5.94. The van der Waals surface area contributed by atoms with Crippen LogP contribution in [0.25, 0.3) is 0 Å². The standard InChI is InChI=1S/C16H23N3O2S/c1-10-15(22-11(2)17-10)16(20)19-8-13-14(9-19)21-6-5-18(13)7-12-3-4-12/h12-14H,3-9H2,1-2H3/t13-,14-/m0/s1. The number of fused-ring (bicyclic) bond motifs is 1. The number of hydrogen-bond donors (Lipinski definition) is 0. The number of likely N-dealkylation sites (tertiary alicyclic amines) is 1. The van der Waals surface area contributed by atoms with Crippen LogP contribution in [0.1, 0.15) is 33.2 Å². The molecule has 0 N–H and O–H groups in total. The van der Waals surface area contributed by atoms with Crippen LogP contribution >= 0.6 is 11.3 Å². The zero-order valence-corrected chi connectivity index (χ0v) is 14.1. The Morgan fingerprint density at radius 3 is 2.86 bits per heavy atom. The zero-order valence-electron chi connectivity index (χ0n) is 13.2. The highest BCUT2D eigenvalue weighted by molar-refractivity contribution is 7.13. The van der Waals surface area contributed by atoms with Crippen LogP contribution in [0.2, 0.25) is 0 Å². The summed E-state index contributed by atoms with van der Waals surface area (Å²) in [6.07, 6.45) is 2.93. The van der Waals surface area contributed by atoms with Gasteiger partial charge in [0.15, 0.2) is 0 Å². The number of carbonyl (C=O) groups is 1. The molecule has 0 unspecified atom stereocenters. The van der Waals surface area contributed by atoms with E-state index in [1.165, 1.54) is 30.7 Å². The van der Waals surface area contributed by atoms with Crippen molar-refractivity contribution < 1.29 is 9.53 Å². The lowest BCUT2D eigenvalue weighted by Crippen LogP contribution is -2.51. The van der Waals surface area contributed by atoms with Gasteiger partial charge >= 0.3 is 0 Å². The fraction of sp³-hybridized carbons (Fsp3) is 0.750. The average Bonchev–Trinajstić information content (AvgIpc) is 3.08. The molecule has 4 rings (SSSR count). The van der Waals surface area contributed by atoms with E-state index in [4.69, 9.17) is 4.74 Å². The number of ether oxygens (including phenoxy) is 1. The summed E-state index contributed by atoms with van der Waals surface area (Å²) in [5, 5.41) is 0.962. The van der Waals surface area contributed by atoms with E-state index in [9.17, 15) is 4.79 Å². The summed E-state index contributed by atoms with van der Waals surface area (Å²) in [7, 11) is 0. The van der Waals surface area contributed by atoms with Crippen molar-refractivity contribution in [2.75, 3.05) is 32.8 Å². The molecule has 3 fully saturated rings. The van der Waals surface area contributed by atoms with Crippen molar-refractivity contribution in [2.24, 2.45) is 5.92 Å². The van der Waals surface area contributed by atoms with Gasteiger partial charge in [0.05, 0.1) is 29.5 Å². The molecule has 6 heteroatoms. The summed E-state index contributed by atoms with van der Waals surface area (Å²) >= 11 is 1.51. The number of thiazole rings is 1. The largest absolute Gasteiger partial charge is 0.373 e. The third-order valence-electron chi connectivity index (χ3n) is 4.99. The van der Waals surface area contributed by atoms with Gasteiger partial charge in [0.2, 0.25) is 0 Å². The topological polar surface area (TPSA) is 45.7 Å². The second kappa shape index (κ2) is 5.58. The number of rotatable bonds is 3. The quantitative estimate of drug-likeness (QED) is 0.850. The van der Waals surface area contributed by atoms with Crippen LogP contribution in [0.4, 0.5) is 0 Å². The molecule has 5 nitrogen and oxygen atoms in total. The number of amides is 1. The Balaban J connectivity index is 1.48. The lowest BCUT2D eigenvalue weighted by Gasteiger charge is -2.36. The summed E-state index contributed by atoms with van der Waals surface area (Å²) in [5.41, 5.74) is 0.859. The number of hydrogen-bond acceptors (Lipinski definition) is 5. The van der Waals surface area contributed by atoms with Gasteiger partial charge in [0, 0.05) is 26.2 Å². The van der Waals surface area contributed by atoms with Crippen LogP contribution in [0, 0.1) is 19.8 Å². The fourth-order valence-corrected chi connectivity index (χ4v) is 4.54. The van der Waals surface area contributed by atoms with E-state index in [0.717, 1.165) is 47.7 Å². The maximum atomic E-state index is 12.8. The first-order valence-electron chi connectivity index (χ1n) is 8.21. The van der Waals surface area contributed by atoms with Crippen molar-refractivity contribution in [1.29, 1.82) is 0 Å². The van der Waals surface area contributed by atoms with Gasteiger partial charge in [-0.2, -0.15) is 0 Å². The molecule has 22 heavy (non-hydrogen) atoms. The zero-order chi connectivity index (χ0) is 15.3. The highest BCUT2D eigenvalue weighted by Crippen LogP contribution is 2.33. The van der Waals surface area contributed by atoms with Gasteiger partial charge in [-0.15, -0.1) is 11.3 Å². The molecule has 1 aliphatic carbocycles. The van der Waals surface area contributed by atoms with E-state index < -0.39 is 0 Å². The second-order valence-electron chi connectivity index (χ2n) is 6.77. The molecular weight excluding hydrogens is 298 g/mol. The van der Waals surface area contributed by atoms with Crippen LogP contribution < -0.4 is 0 Å². The highest BCUT2D eigenvalue weighted by Gasteiger charge is 2.43. The van der Waals surface area contributed by atoms with E-state index in [-0.39, 0.29) is 12.0 Å². The Morgan fingerprint density at radius 1 is 1.36 bits per heavy atom. The number of aryl methyl sites for hydroxylation is 2. The monoisotopic (exact) mass is 321 g/mol. The van der Waals surface area contributed by atoms with Crippen LogP contribution in [0.3, 0.4) is 0 Å². The third-order valence-corrected chi connectivity index (χ3v) is 6.05. The maximum Gasteiger partial charge on any atom is 0.266 e. The lowest BCUT2D eigenvalue weighted by atomic mass is 10.1. The normalized spacial score (nSPS) is 28.9. The summed E-state index contributed by atoms with van der Waals surface area (Å²) in [4.78, 5) is 22.5. The van der Waals surface area contributed by atoms with Crippen LogP contribution in [-0.2, 0) is 4.74 Å². The molecule has 3 aliphatic rings. The molecule has 120 valence electrons. The van der Waals surface area contributed by atoms with Gasteiger partial charge in [-0.1, -0.05) is 0 Å². The number of nitrogens with zero attached hydrogens (tertiary/aromatic N) is 3. The first-order chi connectivity index (χ1) is 10.6. The number of carbonyl (C=O) groups excluding carboxylic acids is 1. The Labute approximate surface area is 135 Å². The van der Waals surface area contributed by atoms with Crippen LogP contribution in [0.5, 0.6) is 0 Å². The summed E-state index contributed by atoms with van der Waals surface area (Å²) in [5.74, 6) is 1.02. The van der Waals surface area contributed by atoms with Crippen molar-refractivity contribution in [3.63, 3.8) is 0 Å². The highest BCUT2D eigenvalue weighted by atomic mass is 32.1. The van der Waals surface area contributed by atoms with Crippen molar-refractivity contribution in [3.05, 3.63) is 15.6 Å². The molecule has 0 bridgehead atoms. The van der Waals surface area contributed by atoms with Gasteiger partial charge in [0.25, 0.3) is 5.91 Å². The maximum absolute atomic E-state index is 12.8. The van der Waals surface area contributed by atoms with E-state index >= 15 is 0 Å². The molecular formula is C16H23N3O2S. The van der Waals surface area contributed by atoms with Crippen LogP contribution in [-0.4, -0.2) is 65.6 Å².